The normalized spacial score (nSPS) is 12.1. The molecule has 2 rings (SSSR count). The number of rotatable bonds is 5. The van der Waals surface area contributed by atoms with Gasteiger partial charge in [-0.15, -0.1) is 0 Å². The predicted molar refractivity (Wildman–Crippen MR) is 75.0 cm³/mol. The molecule has 0 aliphatic carbocycles. The van der Waals surface area contributed by atoms with Crippen LogP contribution in [-0.2, 0) is 4.79 Å². The Bertz CT molecular complexity index is 698. The van der Waals surface area contributed by atoms with E-state index in [0.29, 0.717) is 0 Å². The number of benzene rings is 1. The van der Waals surface area contributed by atoms with Crippen molar-refractivity contribution < 1.29 is 19.2 Å². The predicted octanol–water partition coefficient (Wildman–Crippen LogP) is 2.98. The van der Waals surface area contributed by atoms with Gasteiger partial charge in [0.2, 0.25) is 0 Å². The van der Waals surface area contributed by atoms with Crippen molar-refractivity contribution in [1.29, 1.82) is 0 Å². The van der Waals surface area contributed by atoms with E-state index in [2.05, 4.69) is 0 Å². The van der Waals surface area contributed by atoms with E-state index in [9.17, 15) is 14.9 Å². The van der Waals surface area contributed by atoms with Gasteiger partial charge >= 0.3 is 5.97 Å². The molecule has 0 radical (unpaired) electrons. The molecule has 0 spiro atoms. The zero-order chi connectivity index (χ0) is 15.6. The van der Waals surface area contributed by atoms with Crippen molar-refractivity contribution in [3.8, 4) is 11.3 Å². The first-order valence-corrected chi connectivity index (χ1v) is 6.27. The highest BCUT2D eigenvalue weighted by Gasteiger charge is 2.21. The maximum Gasteiger partial charge on any atom is 0.305 e. The highest BCUT2D eigenvalue weighted by atomic mass is 35.5. The molecule has 0 aliphatic rings. The molecule has 3 N–H and O–H groups in total. The van der Waals surface area contributed by atoms with Crippen LogP contribution in [0.3, 0.4) is 0 Å². The van der Waals surface area contributed by atoms with Crippen molar-refractivity contribution >= 4 is 23.3 Å². The fraction of sp³-hybridized carbons (Fsp3) is 0.154. The molecular weight excluding hydrogens is 300 g/mol. The summed E-state index contributed by atoms with van der Waals surface area (Å²) in [5.74, 6) is -0.580. The Morgan fingerprint density at radius 3 is 2.76 bits per heavy atom. The Morgan fingerprint density at radius 1 is 1.43 bits per heavy atom. The molecule has 1 atom stereocenters. The van der Waals surface area contributed by atoms with E-state index in [1.165, 1.54) is 30.3 Å². The molecule has 0 saturated heterocycles. The van der Waals surface area contributed by atoms with Gasteiger partial charge in [-0.1, -0.05) is 11.6 Å². The van der Waals surface area contributed by atoms with Crippen LogP contribution >= 0.6 is 11.6 Å². The maximum atomic E-state index is 11.0. The summed E-state index contributed by atoms with van der Waals surface area (Å²) in [5, 5.41) is 20.0. The van der Waals surface area contributed by atoms with Gasteiger partial charge in [0.05, 0.1) is 22.9 Å². The summed E-state index contributed by atoms with van der Waals surface area (Å²) in [6, 6.07) is 6.38. The molecule has 1 unspecified atom stereocenters. The number of nitrogens with two attached hydrogens (primary N) is 1. The monoisotopic (exact) mass is 310 g/mol. The van der Waals surface area contributed by atoms with Gasteiger partial charge in [-0.2, -0.15) is 0 Å². The van der Waals surface area contributed by atoms with Crippen LogP contribution < -0.4 is 5.73 Å². The number of nitrogens with zero attached hydrogens (tertiary/aromatic N) is 1. The second-order valence-corrected chi connectivity index (χ2v) is 4.76. The molecule has 2 aromatic rings. The van der Waals surface area contributed by atoms with Crippen LogP contribution in [0.4, 0.5) is 5.69 Å². The quantitative estimate of drug-likeness (QED) is 0.647. The Hall–Kier alpha value is -2.38. The fourth-order valence-corrected chi connectivity index (χ4v) is 2.02. The second kappa shape index (κ2) is 5.94. The smallest absolute Gasteiger partial charge is 0.305 e. The Balaban J connectivity index is 2.38. The van der Waals surface area contributed by atoms with E-state index in [1.807, 2.05) is 0 Å². The van der Waals surface area contributed by atoms with E-state index in [4.69, 9.17) is 26.9 Å². The lowest BCUT2D eigenvalue weighted by atomic mass is 10.1. The minimum Gasteiger partial charge on any atom is -0.481 e. The van der Waals surface area contributed by atoms with Crippen molar-refractivity contribution in [3.05, 3.63) is 51.2 Å². The van der Waals surface area contributed by atoms with E-state index in [-0.39, 0.29) is 34.2 Å². The number of carboxylic acids is 1. The summed E-state index contributed by atoms with van der Waals surface area (Å²) in [5.41, 5.74) is 5.73. The minimum absolute atomic E-state index is 0.199. The van der Waals surface area contributed by atoms with E-state index >= 15 is 0 Å². The third-order valence-electron chi connectivity index (χ3n) is 2.81. The molecular formula is C13H11ClN2O5. The number of nitro benzene ring substituents is 1. The van der Waals surface area contributed by atoms with Crippen molar-refractivity contribution in [2.24, 2.45) is 5.73 Å². The Morgan fingerprint density at radius 2 is 2.14 bits per heavy atom. The number of carbonyl (C=O) groups is 1. The average molecular weight is 311 g/mol. The molecule has 1 heterocycles. The summed E-state index contributed by atoms with van der Waals surface area (Å²) < 4.78 is 5.43. The summed E-state index contributed by atoms with van der Waals surface area (Å²) >= 11 is 5.74. The summed E-state index contributed by atoms with van der Waals surface area (Å²) in [6.07, 6.45) is -0.296. The van der Waals surface area contributed by atoms with Gasteiger partial charge in [-0.25, -0.2) is 0 Å². The van der Waals surface area contributed by atoms with E-state index < -0.39 is 16.9 Å². The van der Waals surface area contributed by atoms with Crippen LogP contribution in [0.15, 0.2) is 34.7 Å². The van der Waals surface area contributed by atoms with Gasteiger partial charge in [0.25, 0.3) is 5.69 Å². The van der Waals surface area contributed by atoms with Crippen LogP contribution in [-0.4, -0.2) is 16.0 Å². The average Bonchev–Trinajstić information content (AvgIpc) is 2.87. The van der Waals surface area contributed by atoms with Crippen molar-refractivity contribution in [2.45, 2.75) is 12.5 Å². The lowest BCUT2D eigenvalue weighted by Crippen LogP contribution is -2.14. The topological polar surface area (TPSA) is 120 Å². The second-order valence-electron chi connectivity index (χ2n) is 4.32. The number of aliphatic carboxylic acids is 1. The molecule has 0 fully saturated rings. The first-order valence-electron chi connectivity index (χ1n) is 5.90. The highest BCUT2D eigenvalue weighted by molar-refractivity contribution is 6.30. The first kappa shape index (κ1) is 15.0. The van der Waals surface area contributed by atoms with Crippen LogP contribution in [0.25, 0.3) is 11.3 Å². The largest absolute Gasteiger partial charge is 0.481 e. The molecule has 1 aromatic heterocycles. The maximum absolute atomic E-state index is 11.0. The first-order chi connectivity index (χ1) is 9.88. The van der Waals surface area contributed by atoms with Gasteiger partial charge in [0.15, 0.2) is 0 Å². The minimum atomic E-state index is -1.06. The molecule has 0 aliphatic heterocycles. The molecule has 0 amide bonds. The van der Waals surface area contributed by atoms with Crippen molar-refractivity contribution in [3.63, 3.8) is 0 Å². The van der Waals surface area contributed by atoms with Crippen molar-refractivity contribution in [2.75, 3.05) is 0 Å². The third kappa shape index (κ3) is 3.39. The zero-order valence-corrected chi connectivity index (χ0v) is 11.4. The third-order valence-corrected chi connectivity index (χ3v) is 3.04. The lowest BCUT2D eigenvalue weighted by Gasteiger charge is -2.05. The number of furan rings is 1. The molecule has 0 bridgehead atoms. The van der Waals surface area contributed by atoms with Crippen LogP contribution in [0.5, 0.6) is 0 Å². The standard InChI is InChI=1S/C13H11ClN2O5/c14-7-1-2-8(10(5-7)16(19)20)11-3-4-12(21-11)9(15)6-13(17)18/h1-5,9H,6,15H2,(H,17,18). The number of hydrogen-bond acceptors (Lipinski definition) is 5. The van der Waals surface area contributed by atoms with Gasteiger partial charge < -0.3 is 15.3 Å². The van der Waals surface area contributed by atoms with Crippen LogP contribution in [0.2, 0.25) is 5.02 Å². The summed E-state index contributed by atoms with van der Waals surface area (Å²) in [4.78, 5) is 21.1. The van der Waals surface area contributed by atoms with Gasteiger partial charge in [-0.3, -0.25) is 14.9 Å². The lowest BCUT2D eigenvalue weighted by molar-refractivity contribution is -0.384. The van der Waals surface area contributed by atoms with Gasteiger partial charge in [-0.05, 0) is 24.3 Å². The fourth-order valence-electron chi connectivity index (χ4n) is 1.85. The number of hydrogen-bond donors (Lipinski definition) is 2. The molecule has 7 nitrogen and oxygen atoms in total. The summed E-state index contributed by atoms with van der Waals surface area (Å²) in [6.45, 7) is 0. The molecule has 0 saturated carbocycles. The van der Waals surface area contributed by atoms with E-state index in [1.54, 1.807) is 0 Å². The number of halogens is 1. The summed E-state index contributed by atoms with van der Waals surface area (Å²) in [7, 11) is 0. The Labute approximate surface area is 124 Å². The SMILES string of the molecule is NC(CC(=O)O)c1ccc(-c2ccc(Cl)cc2[N+](=O)[O-])o1. The molecule has 110 valence electrons. The molecule has 1 aromatic carbocycles. The number of carboxylic acid groups (broad SMARTS) is 1. The molecule has 21 heavy (non-hydrogen) atoms. The van der Waals surface area contributed by atoms with Crippen molar-refractivity contribution in [1.82, 2.24) is 0 Å². The highest BCUT2D eigenvalue weighted by Crippen LogP contribution is 2.34. The number of nitro groups is 1. The van der Waals surface area contributed by atoms with E-state index in [0.717, 1.165) is 0 Å². The van der Waals surface area contributed by atoms with Gasteiger partial charge in [0.1, 0.15) is 11.5 Å². The van der Waals surface area contributed by atoms with Crippen LogP contribution in [0, 0.1) is 10.1 Å². The molecule has 8 heteroatoms. The zero-order valence-electron chi connectivity index (χ0n) is 10.7. The van der Waals surface area contributed by atoms with Crippen LogP contribution in [0.1, 0.15) is 18.2 Å². The Kier molecular flexibility index (Phi) is 4.25. The van der Waals surface area contributed by atoms with Gasteiger partial charge in [0, 0.05) is 11.1 Å².